The van der Waals surface area contributed by atoms with Gasteiger partial charge in [0.05, 0.1) is 16.8 Å². The molecule has 7 nitrogen and oxygen atoms in total. The summed E-state index contributed by atoms with van der Waals surface area (Å²) in [6.45, 7) is 0. The fraction of sp³-hybridized carbons (Fsp3) is 0. The standard InChI is InChI=1S/C9H3ClN4O3S/c10-3-1-2-4-5(13-18-12-4)6(3)14-8(16)7(15)11-9(14)17/h1-2H,(H,11,15,17). The molecule has 4 amide bonds. The number of hydrogen-bond acceptors (Lipinski definition) is 6. The van der Waals surface area contributed by atoms with E-state index in [1.807, 2.05) is 5.32 Å². The predicted octanol–water partition coefficient (Wildman–Crippen LogP) is 0.927. The summed E-state index contributed by atoms with van der Waals surface area (Å²) in [5, 5.41) is 2.04. The van der Waals surface area contributed by atoms with Gasteiger partial charge in [-0.3, -0.25) is 14.9 Å². The minimum Gasteiger partial charge on any atom is -0.269 e. The Morgan fingerprint density at radius 2 is 2.00 bits per heavy atom. The Kier molecular flexibility index (Phi) is 2.28. The van der Waals surface area contributed by atoms with Gasteiger partial charge in [0.25, 0.3) is 0 Å². The molecule has 1 aliphatic rings. The fourth-order valence-corrected chi connectivity index (χ4v) is 2.40. The normalized spacial score (nSPS) is 15.6. The Hall–Kier alpha value is -2.06. The number of urea groups is 1. The van der Waals surface area contributed by atoms with Crippen LogP contribution in [0.5, 0.6) is 0 Å². The van der Waals surface area contributed by atoms with E-state index < -0.39 is 17.8 Å². The number of nitrogens with one attached hydrogen (secondary N) is 1. The first kappa shape index (κ1) is 11.1. The van der Waals surface area contributed by atoms with E-state index >= 15 is 0 Å². The summed E-state index contributed by atoms with van der Waals surface area (Å²) in [7, 11) is 0. The SMILES string of the molecule is O=C1NC(=O)N(c2c(Cl)ccc3nsnc23)C1=O. The van der Waals surface area contributed by atoms with Crippen LogP contribution in [0.15, 0.2) is 12.1 Å². The van der Waals surface area contributed by atoms with Crippen LogP contribution in [0.2, 0.25) is 5.02 Å². The second kappa shape index (κ2) is 3.72. The minimum atomic E-state index is -0.990. The second-order valence-corrected chi connectivity index (χ2v) is 4.36. The third-order valence-corrected chi connectivity index (χ3v) is 3.24. The first-order valence-corrected chi connectivity index (χ1v) is 5.80. The third-order valence-electron chi connectivity index (χ3n) is 2.40. The molecule has 0 bridgehead atoms. The van der Waals surface area contributed by atoms with Gasteiger partial charge in [-0.15, -0.1) is 0 Å². The van der Waals surface area contributed by atoms with Crippen molar-refractivity contribution in [2.75, 3.05) is 4.90 Å². The zero-order valence-electron chi connectivity index (χ0n) is 8.51. The molecule has 0 unspecified atom stereocenters. The number of halogens is 1. The second-order valence-electron chi connectivity index (χ2n) is 3.43. The smallest absolute Gasteiger partial charge is 0.269 e. The summed E-state index contributed by atoms with van der Waals surface area (Å²) < 4.78 is 7.96. The number of amides is 4. The maximum Gasteiger partial charge on any atom is 0.336 e. The molecule has 1 fully saturated rings. The van der Waals surface area contributed by atoms with Gasteiger partial charge < -0.3 is 0 Å². The van der Waals surface area contributed by atoms with E-state index in [1.165, 1.54) is 6.07 Å². The molecule has 90 valence electrons. The van der Waals surface area contributed by atoms with E-state index in [4.69, 9.17) is 11.6 Å². The van der Waals surface area contributed by atoms with Crippen molar-refractivity contribution in [3.63, 3.8) is 0 Å². The number of fused-ring (bicyclic) bond motifs is 1. The summed E-state index contributed by atoms with van der Waals surface area (Å²) in [4.78, 5) is 35.0. The number of benzene rings is 1. The average molecular weight is 283 g/mol. The van der Waals surface area contributed by atoms with Crippen LogP contribution in [0.1, 0.15) is 0 Å². The van der Waals surface area contributed by atoms with Crippen LogP contribution in [0, 0.1) is 0 Å². The predicted molar refractivity (Wildman–Crippen MR) is 63.4 cm³/mol. The average Bonchev–Trinajstić information content (AvgIpc) is 2.88. The Balaban J connectivity index is 2.28. The number of rotatable bonds is 1. The summed E-state index contributed by atoms with van der Waals surface area (Å²) >= 11 is 6.89. The molecule has 18 heavy (non-hydrogen) atoms. The third kappa shape index (κ3) is 1.39. The monoisotopic (exact) mass is 282 g/mol. The minimum absolute atomic E-state index is 0.0799. The highest BCUT2D eigenvalue weighted by Gasteiger charge is 2.40. The number of anilines is 1. The van der Waals surface area contributed by atoms with Gasteiger partial charge in [0.1, 0.15) is 16.7 Å². The molecule has 0 aliphatic carbocycles. The highest BCUT2D eigenvalue weighted by Crippen LogP contribution is 2.34. The van der Waals surface area contributed by atoms with Gasteiger partial charge in [-0.25, -0.2) is 9.69 Å². The van der Waals surface area contributed by atoms with Crippen molar-refractivity contribution in [3.05, 3.63) is 17.2 Å². The van der Waals surface area contributed by atoms with Crippen LogP contribution in [0.25, 0.3) is 11.0 Å². The van der Waals surface area contributed by atoms with Gasteiger partial charge in [0, 0.05) is 0 Å². The van der Waals surface area contributed by atoms with Crippen LogP contribution in [0.3, 0.4) is 0 Å². The lowest BCUT2D eigenvalue weighted by Crippen LogP contribution is -2.31. The van der Waals surface area contributed by atoms with Gasteiger partial charge >= 0.3 is 17.8 Å². The van der Waals surface area contributed by atoms with Crippen LogP contribution < -0.4 is 10.2 Å². The maximum atomic E-state index is 11.6. The Labute approximate surface area is 109 Å². The molecule has 1 N–H and O–H groups in total. The van der Waals surface area contributed by atoms with Crippen LogP contribution in [-0.2, 0) is 9.59 Å². The highest BCUT2D eigenvalue weighted by atomic mass is 35.5. The quantitative estimate of drug-likeness (QED) is 0.620. The zero-order valence-corrected chi connectivity index (χ0v) is 10.1. The molecule has 0 spiro atoms. The highest BCUT2D eigenvalue weighted by molar-refractivity contribution is 7.00. The molecular formula is C9H3ClN4O3S. The summed E-state index contributed by atoms with van der Waals surface area (Å²) in [6, 6.07) is 2.27. The molecule has 3 rings (SSSR count). The summed E-state index contributed by atoms with van der Waals surface area (Å²) in [6.07, 6.45) is 0. The number of carbonyl (C=O) groups excluding carboxylic acids is 3. The van der Waals surface area contributed by atoms with Crippen molar-refractivity contribution in [2.45, 2.75) is 0 Å². The molecular weight excluding hydrogens is 280 g/mol. The number of nitrogens with zero attached hydrogens (tertiary/aromatic N) is 3. The number of imide groups is 2. The molecule has 2 aromatic rings. The van der Waals surface area contributed by atoms with E-state index in [1.54, 1.807) is 6.07 Å². The number of aromatic nitrogens is 2. The van der Waals surface area contributed by atoms with Crippen molar-refractivity contribution >= 4 is 57.9 Å². The van der Waals surface area contributed by atoms with Crippen molar-refractivity contribution in [3.8, 4) is 0 Å². The van der Waals surface area contributed by atoms with E-state index in [9.17, 15) is 14.4 Å². The lowest BCUT2D eigenvalue weighted by atomic mass is 10.2. The Morgan fingerprint density at radius 3 is 2.67 bits per heavy atom. The van der Waals surface area contributed by atoms with Gasteiger partial charge in [-0.05, 0) is 12.1 Å². The van der Waals surface area contributed by atoms with Crippen LogP contribution >= 0.6 is 23.3 Å². The largest absolute Gasteiger partial charge is 0.336 e. The molecule has 1 aromatic heterocycles. The zero-order chi connectivity index (χ0) is 12.9. The van der Waals surface area contributed by atoms with Gasteiger partial charge in [-0.2, -0.15) is 8.75 Å². The molecule has 0 atom stereocenters. The lowest BCUT2D eigenvalue weighted by Gasteiger charge is -2.13. The molecule has 2 heterocycles. The Bertz CT molecular complexity index is 713. The fourth-order valence-electron chi connectivity index (χ4n) is 1.63. The molecule has 1 aromatic carbocycles. The van der Waals surface area contributed by atoms with Gasteiger partial charge in [0.15, 0.2) is 0 Å². The van der Waals surface area contributed by atoms with E-state index in [0.717, 1.165) is 11.7 Å². The molecule has 0 saturated carbocycles. The van der Waals surface area contributed by atoms with E-state index in [0.29, 0.717) is 15.9 Å². The lowest BCUT2D eigenvalue weighted by molar-refractivity contribution is -0.134. The molecule has 9 heteroatoms. The van der Waals surface area contributed by atoms with Crippen molar-refractivity contribution in [2.24, 2.45) is 0 Å². The number of carbonyl (C=O) groups is 3. The Morgan fingerprint density at radius 1 is 1.22 bits per heavy atom. The summed E-state index contributed by atoms with van der Waals surface area (Å²) in [5.41, 5.74) is 0.890. The maximum absolute atomic E-state index is 11.6. The first-order valence-electron chi connectivity index (χ1n) is 4.70. The van der Waals surface area contributed by atoms with Crippen molar-refractivity contribution in [1.82, 2.24) is 14.1 Å². The molecule has 0 radical (unpaired) electrons. The van der Waals surface area contributed by atoms with Crippen molar-refractivity contribution in [1.29, 1.82) is 0 Å². The van der Waals surface area contributed by atoms with Gasteiger partial charge in [0.2, 0.25) is 0 Å². The van der Waals surface area contributed by atoms with E-state index in [-0.39, 0.29) is 10.7 Å². The first-order chi connectivity index (χ1) is 8.59. The van der Waals surface area contributed by atoms with Gasteiger partial charge in [-0.1, -0.05) is 11.6 Å². The molecule has 1 saturated heterocycles. The van der Waals surface area contributed by atoms with Crippen LogP contribution in [-0.4, -0.2) is 26.6 Å². The van der Waals surface area contributed by atoms with E-state index in [2.05, 4.69) is 8.75 Å². The topological polar surface area (TPSA) is 92.3 Å². The number of hydrogen-bond donors (Lipinski definition) is 1. The van der Waals surface area contributed by atoms with Crippen LogP contribution in [0.4, 0.5) is 10.5 Å². The van der Waals surface area contributed by atoms with Crippen molar-refractivity contribution < 1.29 is 14.4 Å². The summed E-state index contributed by atoms with van der Waals surface area (Å²) in [5.74, 6) is -1.97. The molecule has 1 aliphatic heterocycles.